The summed E-state index contributed by atoms with van der Waals surface area (Å²) in [6.45, 7) is 4.33. The first kappa shape index (κ1) is 15.7. The summed E-state index contributed by atoms with van der Waals surface area (Å²) in [6.07, 6.45) is 5.00. The Morgan fingerprint density at radius 3 is 2.22 bits per heavy atom. The number of hydrogen-bond donors (Lipinski definition) is 2. The standard InChI is InChI=1S/C21H24O2/c1-3-14-12-16(22)8-10-19(14)21-7-5-6-15-13-17(23)9-11-20(15)18(21)4-2/h8-13,22-23H,3-7H2,1-2H3. The van der Waals surface area contributed by atoms with Crippen LogP contribution < -0.4 is 0 Å². The van der Waals surface area contributed by atoms with Crippen LogP contribution in [0.3, 0.4) is 0 Å². The molecule has 0 unspecified atom stereocenters. The van der Waals surface area contributed by atoms with E-state index in [2.05, 4.69) is 26.0 Å². The summed E-state index contributed by atoms with van der Waals surface area (Å²) in [6, 6.07) is 11.5. The Morgan fingerprint density at radius 2 is 1.52 bits per heavy atom. The number of allylic oxidation sites excluding steroid dienone is 2. The van der Waals surface area contributed by atoms with Gasteiger partial charge in [0, 0.05) is 0 Å². The molecule has 0 heterocycles. The number of fused-ring (bicyclic) bond motifs is 1. The minimum atomic E-state index is 0.336. The zero-order valence-electron chi connectivity index (χ0n) is 13.9. The van der Waals surface area contributed by atoms with E-state index in [1.54, 1.807) is 12.1 Å². The van der Waals surface area contributed by atoms with E-state index in [1.165, 1.54) is 33.4 Å². The van der Waals surface area contributed by atoms with E-state index in [0.29, 0.717) is 11.5 Å². The maximum Gasteiger partial charge on any atom is 0.115 e. The topological polar surface area (TPSA) is 40.5 Å². The van der Waals surface area contributed by atoms with Gasteiger partial charge in [-0.1, -0.05) is 26.0 Å². The Morgan fingerprint density at radius 1 is 0.826 bits per heavy atom. The summed E-state index contributed by atoms with van der Waals surface area (Å²) in [7, 11) is 0. The van der Waals surface area contributed by atoms with Gasteiger partial charge < -0.3 is 10.2 Å². The van der Waals surface area contributed by atoms with Gasteiger partial charge in [-0.25, -0.2) is 0 Å². The van der Waals surface area contributed by atoms with Gasteiger partial charge in [0.25, 0.3) is 0 Å². The molecule has 23 heavy (non-hydrogen) atoms. The third-order valence-corrected chi connectivity index (χ3v) is 4.80. The Bertz CT molecular complexity index is 756. The van der Waals surface area contributed by atoms with Crippen molar-refractivity contribution in [3.8, 4) is 11.5 Å². The lowest BCUT2D eigenvalue weighted by Gasteiger charge is -2.17. The third kappa shape index (κ3) is 2.98. The monoisotopic (exact) mass is 308 g/mol. The second-order valence-corrected chi connectivity index (χ2v) is 6.20. The highest BCUT2D eigenvalue weighted by Crippen LogP contribution is 2.40. The van der Waals surface area contributed by atoms with Crippen LogP contribution in [0.4, 0.5) is 0 Å². The van der Waals surface area contributed by atoms with Gasteiger partial charge in [0.1, 0.15) is 11.5 Å². The average Bonchev–Trinajstić information content (AvgIpc) is 2.73. The van der Waals surface area contributed by atoms with Gasteiger partial charge in [0.15, 0.2) is 0 Å². The molecule has 0 aromatic heterocycles. The SMILES string of the molecule is CCC1=C(c2ccc(O)cc2CC)CCCc2cc(O)ccc21. The summed E-state index contributed by atoms with van der Waals surface area (Å²) in [5.41, 5.74) is 7.75. The van der Waals surface area contributed by atoms with Gasteiger partial charge in [-0.15, -0.1) is 0 Å². The Hall–Kier alpha value is -2.22. The number of benzene rings is 2. The number of rotatable bonds is 3. The van der Waals surface area contributed by atoms with E-state index < -0.39 is 0 Å². The van der Waals surface area contributed by atoms with Crippen molar-refractivity contribution < 1.29 is 10.2 Å². The minimum absolute atomic E-state index is 0.336. The molecule has 2 aromatic carbocycles. The molecule has 120 valence electrons. The van der Waals surface area contributed by atoms with Crippen molar-refractivity contribution in [3.63, 3.8) is 0 Å². The van der Waals surface area contributed by atoms with Crippen molar-refractivity contribution >= 4 is 11.1 Å². The van der Waals surface area contributed by atoms with Gasteiger partial charge in [-0.3, -0.25) is 0 Å². The van der Waals surface area contributed by atoms with Crippen molar-refractivity contribution in [2.75, 3.05) is 0 Å². The lowest BCUT2D eigenvalue weighted by atomic mass is 9.88. The first-order valence-corrected chi connectivity index (χ1v) is 8.50. The Labute approximate surface area is 138 Å². The molecule has 0 radical (unpaired) electrons. The fourth-order valence-electron chi connectivity index (χ4n) is 3.72. The van der Waals surface area contributed by atoms with E-state index >= 15 is 0 Å². The van der Waals surface area contributed by atoms with Crippen molar-refractivity contribution in [1.29, 1.82) is 0 Å². The first-order valence-electron chi connectivity index (χ1n) is 8.50. The lowest BCUT2D eigenvalue weighted by Crippen LogP contribution is -1.96. The first-order chi connectivity index (χ1) is 11.1. The van der Waals surface area contributed by atoms with Crippen LogP contribution in [0.5, 0.6) is 11.5 Å². The molecule has 0 fully saturated rings. The van der Waals surface area contributed by atoms with Crippen LogP contribution in [0.25, 0.3) is 11.1 Å². The molecular formula is C21H24O2. The van der Waals surface area contributed by atoms with Crippen LogP contribution in [0.1, 0.15) is 55.4 Å². The normalized spacial score (nSPS) is 14.5. The average molecular weight is 308 g/mol. The van der Waals surface area contributed by atoms with Crippen LogP contribution in [0.15, 0.2) is 36.4 Å². The molecule has 2 N–H and O–H groups in total. The zero-order chi connectivity index (χ0) is 16.4. The highest BCUT2D eigenvalue weighted by atomic mass is 16.3. The second kappa shape index (κ2) is 6.49. The van der Waals surface area contributed by atoms with Gasteiger partial charge in [-0.2, -0.15) is 0 Å². The lowest BCUT2D eigenvalue weighted by molar-refractivity contribution is 0.474. The molecule has 0 amide bonds. The fraction of sp³-hybridized carbons (Fsp3) is 0.333. The Balaban J connectivity index is 2.22. The van der Waals surface area contributed by atoms with Gasteiger partial charge in [0.2, 0.25) is 0 Å². The molecule has 0 spiro atoms. The maximum atomic E-state index is 9.79. The predicted molar refractivity (Wildman–Crippen MR) is 95.6 cm³/mol. The third-order valence-electron chi connectivity index (χ3n) is 4.80. The molecule has 1 aliphatic rings. The number of phenolic OH excluding ortho intramolecular Hbond substituents is 2. The maximum absolute atomic E-state index is 9.79. The van der Waals surface area contributed by atoms with Crippen molar-refractivity contribution in [2.24, 2.45) is 0 Å². The zero-order valence-corrected chi connectivity index (χ0v) is 13.9. The number of phenols is 2. The number of aromatic hydroxyl groups is 2. The number of aryl methyl sites for hydroxylation is 2. The minimum Gasteiger partial charge on any atom is -0.508 e. The van der Waals surface area contributed by atoms with E-state index in [-0.39, 0.29) is 0 Å². The molecule has 2 aromatic rings. The van der Waals surface area contributed by atoms with Crippen molar-refractivity contribution in [3.05, 3.63) is 58.7 Å². The van der Waals surface area contributed by atoms with Crippen molar-refractivity contribution in [2.45, 2.75) is 46.0 Å². The summed E-state index contributed by atoms with van der Waals surface area (Å²) in [5.74, 6) is 0.685. The van der Waals surface area contributed by atoms with E-state index in [0.717, 1.165) is 32.1 Å². The van der Waals surface area contributed by atoms with Crippen LogP contribution >= 0.6 is 0 Å². The molecular weight excluding hydrogens is 284 g/mol. The van der Waals surface area contributed by atoms with Crippen LogP contribution in [-0.2, 0) is 12.8 Å². The molecule has 2 nitrogen and oxygen atoms in total. The molecule has 0 saturated carbocycles. The van der Waals surface area contributed by atoms with Crippen molar-refractivity contribution in [1.82, 2.24) is 0 Å². The molecule has 0 atom stereocenters. The van der Waals surface area contributed by atoms with Gasteiger partial charge in [-0.05, 0) is 89.8 Å². The molecule has 2 heteroatoms. The van der Waals surface area contributed by atoms with E-state index in [9.17, 15) is 10.2 Å². The van der Waals surface area contributed by atoms with Crippen LogP contribution in [0.2, 0.25) is 0 Å². The quantitative estimate of drug-likeness (QED) is 0.806. The molecule has 3 rings (SSSR count). The van der Waals surface area contributed by atoms with Crippen LogP contribution in [0, 0.1) is 0 Å². The predicted octanol–water partition coefficient (Wildman–Crippen LogP) is 5.32. The Kier molecular flexibility index (Phi) is 4.42. The smallest absolute Gasteiger partial charge is 0.115 e. The summed E-state index contributed by atoms with van der Waals surface area (Å²) in [4.78, 5) is 0. The summed E-state index contributed by atoms with van der Waals surface area (Å²) in [5, 5.41) is 19.6. The summed E-state index contributed by atoms with van der Waals surface area (Å²) < 4.78 is 0. The van der Waals surface area contributed by atoms with Crippen LogP contribution in [-0.4, -0.2) is 10.2 Å². The number of hydrogen-bond acceptors (Lipinski definition) is 2. The molecule has 0 bridgehead atoms. The molecule has 1 aliphatic carbocycles. The van der Waals surface area contributed by atoms with Gasteiger partial charge in [0.05, 0.1) is 0 Å². The molecule has 0 aliphatic heterocycles. The largest absolute Gasteiger partial charge is 0.508 e. The van der Waals surface area contributed by atoms with E-state index in [4.69, 9.17) is 0 Å². The van der Waals surface area contributed by atoms with Gasteiger partial charge >= 0.3 is 0 Å². The summed E-state index contributed by atoms with van der Waals surface area (Å²) >= 11 is 0. The highest BCUT2D eigenvalue weighted by Gasteiger charge is 2.19. The highest BCUT2D eigenvalue weighted by molar-refractivity contribution is 5.93. The second-order valence-electron chi connectivity index (χ2n) is 6.20. The van der Waals surface area contributed by atoms with E-state index in [1.807, 2.05) is 12.1 Å². The fourth-order valence-corrected chi connectivity index (χ4v) is 3.72. The molecule has 0 saturated heterocycles.